The van der Waals surface area contributed by atoms with E-state index in [0.29, 0.717) is 5.69 Å². The summed E-state index contributed by atoms with van der Waals surface area (Å²) in [6.45, 7) is 0. The Bertz CT molecular complexity index is 1400. The van der Waals surface area contributed by atoms with E-state index in [0.717, 1.165) is 22.0 Å². The zero-order valence-electron chi connectivity index (χ0n) is 21.4. The Morgan fingerprint density at radius 2 is 2.04 bits per heavy atom. The Kier molecular flexibility index (Phi) is 2.77. The number of rotatable bonds is 5. The second-order valence-electron chi connectivity index (χ2n) is 6.03. The maximum absolute atomic E-state index is 13.0. The summed E-state index contributed by atoms with van der Waals surface area (Å²) >= 11 is 0. The number of ketones is 1. The van der Waals surface area contributed by atoms with Gasteiger partial charge in [0.05, 0.1) is 41.3 Å². The number of hydrogen-bond donors (Lipinski definition) is 0. The lowest BCUT2D eigenvalue weighted by molar-refractivity contribution is 0.0992. The molecular formula is C22H19N3O2. The predicted octanol–water partition coefficient (Wildman–Crippen LogP) is 4.07. The fraction of sp³-hybridized carbons (Fsp3) is 0.136. The van der Waals surface area contributed by atoms with Crippen LogP contribution < -0.4 is 4.74 Å². The first-order chi connectivity index (χ1) is 16.0. The minimum Gasteiger partial charge on any atom is -0.497 e. The summed E-state index contributed by atoms with van der Waals surface area (Å²) in [6, 6.07) is 4.74. The van der Waals surface area contributed by atoms with Gasteiger partial charge in [-0.1, -0.05) is 12.1 Å². The van der Waals surface area contributed by atoms with Crippen LogP contribution in [0.1, 0.15) is 25.6 Å². The van der Waals surface area contributed by atoms with Gasteiger partial charge in [-0.05, 0) is 41.7 Å². The number of aryl methyl sites for hydroxylation is 1. The first-order valence-corrected chi connectivity index (χ1v) is 8.14. The quantitative estimate of drug-likeness (QED) is 0.501. The van der Waals surface area contributed by atoms with Crippen molar-refractivity contribution in [2.24, 2.45) is 7.05 Å². The molecule has 5 heteroatoms. The van der Waals surface area contributed by atoms with E-state index in [1.165, 1.54) is 0 Å². The highest BCUT2D eigenvalue weighted by molar-refractivity contribution is 5.98. The largest absolute Gasteiger partial charge is 0.497 e. The van der Waals surface area contributed by atoms with Gasteiger partial charge in [-0.2, -0.15) is 0 Å². The van der Waals surface area contributed by atoms with Crippen molar-refractivity contribution in [1.82, 2.24) is 14.5 Å². The number of Topliss-reactive ketones (excluding diaryl/α,β-unsaturated/α-hetero) is 1. The van der Waals surface area contributed by atoms with Gasteiger partial charge in [0.2, 0.25) is 0 Å². The number of fused-ring (bicyclic) bond motifs is 1. The summed E-state index contributed by atoms with van der Waals surface area (Å²) in [5.41, 5.74) is 1.79. The smallest absolute Gasteiger partial charge is 0.168 e. The van der Waals surface area contributed by atoms with Crippen molar-refractivity contribution in [3.63, 3.8) is 0 Å². The van der Waals surface area contributed by atoms with Crippen LogP contribution in [0, 0.1) is 0 Å². The molecule has 0 saturated heterocycles. The number of imidazole rings is 1. The third-order valence-electron chi connectivity index (χ3n) is 4.22. The van der Waals surface area contributed by atoms with Gasteiger partial charge >= 0.3 is 0 Å². The van der Waals surface area contributed by atoms with Crippen LogP contribution in [0.15, 0.2) is 67.2 Å². The molecule has 2 aromatic heterocycles. The number of carbonyl (C=O) groups is 1. The van der Waals surface area contributed by atoms with Crippen LogP contribution >= 0.6 is 0 Å². The number of ether oxygens (including phenoxy) is 1. The first kappa shape index (κ1) is 10.6. The van der Waals surface area contributed by atoms with E-state index >= 15 is 0 Å². The van der Waals surface area contributed by atoms with Crippen molar-refractivity contribution in [2.75, 3.05) is 7.04 Å². The van der Waals surface area contributed by atoms with Gasteiger partial charge < -0.3 is 9.30 Å². The normalized spacial score (nSPS) is 15.1. The molecule has 0 N–H and O–H groups in total. The summed E-state index contributed by atoms with van der Waals surface area (Å²) < 4.78 is 60.3. The van der Waals surface area contributed by atoms with Crippen LogP contribution in [0.2, 0.25) is 0 Å². The number of aromatic nitrogens is 3. The maximum Gasteiger partial charge on any atom is 0.168 e. The summed E-state index contributed by atoms with van der Waals surface area (Å²) in [7, 11) is -1.07. The molecule has 5 nitrogen and oxygen atoms in total. The van der Waals surface area contributed by atoms with Gasteiger partial charge in [-0.15, -0.1) is 0 Å². The van der Waals surface area contributed by atoms with Crippen molar-refractivity contribution in [2.45, 2.75) is 6.42 Å². The molecule has 0 radical (unpaired) electrons. The molecule has 0 saturated carbocycles. The monoisotopic (exact) mass is 364 g/mol. The van der Waals surface area contributed by atoms with Crippen LogP contribution in [0.25, 0.3) is 22.0 Å². The molecule has 0 aliphatic carbocycles. The topological polar surface area (TPSA) is 57.0 Å². The zero-order chi connectivity index (χ0) is 24.8. The molecule has 2 heterocycles. The van der Waals surface area contributed by atoms with E-state index in [1.807, 2.05) is 29.8 Å². The van der Waals surface area contributed by atoms with Crippen LogP contribution in [0.5, 0.6) is 5.75 Å². The number of carbonyl (C=O) groups excluding carboxylic acids is 1. The Morgan fingerprint density at radius 3 is 2.78 bits per heavy atom. The lowest BCUT2D eigenvalue weighted by atomic mass is 10.0. The number of benzene rings is 2. The van der Waals surface area contributed by atoms with E-state index in [2.05, 4.69) is 14.7 Å². The van der Waals surface area contributed by atoms with E-state index in [-0.39, 0.29) is 6.42 Å². The Balaban J connectivity index is 1.68. The molecular weight excluding hydrogens is 338 g/mol. The molecule has 27 heavy (non-hydrogen) atoms. The van der Waals surface area contributed by atoms with Crippen molar-refractivity contribution in [3.8, 4) is 17.0 Å². The van der Waals surface area contributed by atoms with E-state index < -0.39 is 48.3 Å². The average Bonchev–Trinajstić information content (AvgIpc) is 3.20. The maximum atomic E-state index is 13.0. The average molecular weight is 364 g/mol. The molecule has 134 valence electrons. The molecule has 0 unspecified atom stereocenters. The molecule has 0 aliphatic heterocycles. The van der Waals surface area contributed by atoms with E-state index in [4.69, 9.17) is 9.60 Å². The number of nitrogens with zero attached hydrogens (tertiary/aromatic N) is 3. The van der Waals surface area contributed by atoms with Crippen molar-refractivity contribution in [1.29, 1.82) is 0 Å². The Morgan fingerprint density at radius 1 is 1.19 bits per heavy atom. The molecule has 0 spiro atoms. The van der Waals surface area contributed by atoms with Gasteiger partial charge in [0.25, 0.3) is 0 Å². The van der Waals surface area contributed by atoms with Crippen molar-refractivity contribution >= 4 is 16.6 Å². The van der Waals surface area contributed by atoms with Gasteiger partial charge in [-0.25, -0.2) is 4.98 Å². The Hall–Kier alpha value is -3.47. The van der Waals surface area contributed by atoms with Crippen LogP contribution in [0.3, 0.4) is 0 Å². The third kappa shape index (κ3) is 3.44. The van der Waals surface area contributed by atoms with Gasteiger partial charge in [0.15, 0.2) is 5.78 Å². The SMILES string of the molecule is [2H]c1c([2H])c(C(=O)Cc2cc3cc(-c4cncn4C)ccc3cn2)c([2H])c([2H])c1OC([2H])([2H])[2H]. The highest BCUT2D eigenvalue weighted by Gasteiger charge is 2.10. The van der Waals surface area contributed by atoms with Gasteiger partial charge in [0.1, 0.15) is 5.75 Å². The van der Waals surface area contributed by atoms with Gasteiger partial charge in [-0.3, -0.25) is 9.78 Å². The summed E-state index contributed by atoms with van der Waals surface area (Å²) in [4.78, 5) is 21.4. The minimum absolute atomic E-state index is 0.262. The van der Waals surface area contributed by atoms with Crippen molar-refractivity contribution in [3.05, 3.63) is 78.4 Å². The number of methoxy groups -OCH3 is 1. The number of pyridine rings is 1. The molecule has 4 aromatic rings. The van der Waals surface area contributed by atoms with E-state index in [1.54, 1.807) is 24.8 Å². The molecule has 4 rings (SSSR count). The molecule has 0 amide bonds. The lowest BCUT2D eigenvalue weighted by Gasteiger charge is -2.07. The highest BCUT2D eigenvalue weighted by Crippen LogP contribution is 2.24. The zero-order valence-corrected chi connectivity index (χ0v) is 14.4. The lowest BCUT2D eigenvalue weighted by Crippen LogP contribution is -2.05. The fourth-order valence-corrected chi connectivity index (χ4v) is 2.82. The first-order valence-electron chi connectivity index (χ1n) is 11.6. The predicted molar refractivity (Wildman–Crippen MR) is 105 cm³/mol. The molecule has 0 aliphatic rings. The Labute approximate surface area is 167 Å². The molecule has 2 aromatic carbocycles. The summed E-state index contributed by atoms with van der Waals surface area (Å²) in [5.74, 6) is -1.40. The molecule has 0 fully saturated rings. The fourth-order valence-electron chi connectivity index (χ4n) is 2.82. The number of hydrogen-bond acceptors (Lipinski definition) is 4. The second-order valence-corrected chi connectivity index (χ2v) is 6.03. The summed E-state index contributed by atoms with van der Waals surface area (Å²) in [5, 5.41) is 1.69. The van der Waals surface area contributed by atoms with Crippen LogP contribution in [-0.4, -0.2) is 27.4 Å². The van der Waals surface area contributed by atoms with Crippen molar-refractivity contribution < 1.29 is 19.1 Å². The molecule has 0 bridgehead atoms. The highest BCUT2D eigenvalue weighted by atomic mass is 16.5. The second kappa shape index (κ2) is 7.03. The van der Waals surface area contributed by atoms with E-state index in [9.17, 15) is 4.79 Å². The summed E-state index contributed by atoms with van der Waals surface area (Å²) in [6.07, 6.45) is 4.80. The van der Waals surface area contributed by atoms with Crippen LogP contribution in [-0.2, 0) is 13.5 Å². The standard InChI is InChI=1S/C22H19N3O2/c1-25-14-23-13-21(25)16-3-4-17-12-24-19(10-18(17)9-16)11-22(26)15-5-7-20(27-2)8-6-15/h3-10,12-14H,11H2,1-2H3/i2D3,5D,6D,7D,8D. The third-order valence-corrected chi connectivity index (χ3v) is 4.22. The minimum atomic E-state index is -2.96. The van der Waals surface area contributed by atoms with Gasteiger partial charge in [0, 0.05) is 35.5 Å². The van der Waals surface area contributed by atoms with Crippen LogP contribution in [0.4, 0.5) is 0 Å². The molecule has 0 atom stereocenters.